The van der Waals surface area contributed by atoms with Gasteiger partial charge in [0.1, 0.15) is 17.4 Å². The first-order chi connectivity index (χ1) is 12.2. The average Bonchev–Trinajstić information content (AvgIpc) is 2.96. The standard InChI is InChI=1S/C19H24ClN3O3/c1-18(2,3)26-17(24)23-11-19(12-23)5-6-22(10-19)16-8-13(25-4)7-15(20)14(16)9-21/h7-8H,5-6,10-12H2,1-4H3. The van der Waals surface area contributed by atoms with Crippen LogP contribution in [0.5, 0.6) is 5.75 Å². The molecule has 0 bridgehead atoms. The highest BCUT2D eigenvalue weighted by Crippen LogP contribution is 2.43. The van der Waals surface area contributed by atoms with E-state index in [1.54, 1.807) is 18.1 Å². The SMILES string of the molecule is COc1cc(Cl)c(C#N)c(N2CCC3(CN(C(=O)OC(C)(C)C)C3)C2)c1. The summed E-state index contributed by atoms with van der Waals surface area (Å²) >= 11 is 6.24. The van der Waals surface area contributed by atoms with E-state index < -0.39 is 5.60 Å². The van der Waals surface area contributed by atoms with Gasteiger partial charge in [-0.3, -0.25) is 0 Å². The normalized spacial score (nSPS) is 18.5. The van der Waals surface area contributed by atoms with Gasteiger partial charge in [0.05, 0.1) is 23.4 Å². The molecular weight excluding hydrogens is 354 g/mol. The lowest BCUT2D eigenvalue weighted by atomic mass is 9.79. The number of methoxy groups -OCH3 is 1. The summed E-state index contributed by atoms with van der Waals surface area (Å²) in [6, 6.07) is 5.71. The molecule has 1 aromatic rings. The third kappa shape index (κ3) is 3.54. The predicted octanol–water partition coefficient (Wildman–Crippen LogP) is 3.67. The lowest BCUT2D eigenvalue weighted by Crippen LogP contribution is -2.60. The molecule has 0 radical (unpaired) electrons. The van der Waals surface area contributed by atoms with E-state index in [1.807, 2.05) is 26.8 Å². The monoisotopic (exact) mass is 377 g/mol. The molecule has 6 nitrogen and oxygen atoms in total. The summed E-state index contributed by atoms with van der Waals surface area (Å²) in [7, 11) is 1.58. The molecule has 2 saturated heterocycles. The van der Waals surface area contributed by atoms with E-state index in [4.69, 9.17) is 21.1 Å². The van der Waals surface area contributed by atoms with E-state index in [9.17, 15) is 10.1 Å². The largest absolute Gasteiger partial charge is 0.497 e. The molecule has 0 unspecified atom stereocenters. The van der Waals surface area contributed by atoms with Crippen LogP contribution in [0.15, 0.2) is 12.1 Å². The van der Waals surface area contributed by atoms with Crippen LogP contribution < -0.4 is 9.64 Å². The number of carbonyl (C=O) groups excluding carboxylic acids is 1. The number of anilines is 1. The van der Waals surface area contributed by atoms with Crippen molar-refractivity contribution < 1.29 is 14.3 Å². The van der Waals surface area contributed by atoms with Crippen molar-refractivity contribution in [3.63, 3.8) is 0 Å². The Kier molecular flexibility index (Phi) is 4.70. The topological polar surface area (TPSA) is 65.8 Å². The number of nitrogens with zero attached hydrogens (tertiary/aromatic N) is 3. The molecule has 0 aromatic heterocycles. The zero-order chi connectivity index (χ0) is 19.1. The first kappa shape index (κ1) is 18.7. The lowest BCUT2D eigenvalue weighted by molar-refractivity contribution is -0.0266. The van der Waals surface area contributed by atoms with Gasteiger partial charge in [0.25, 0.3) is 0 Å². The first-order valence-corrected chi connectivity index (χ1v) is 9.05. The van der Waals surface area contributed by atoms with Crippen LogP contribution >= 0.6 is 11.6 Å². The van der Waals surface area contributed by atoms with Crippen LogP contribution in [0.2, 0.25) is 5.02 Å². The van der Waals surface area contributed by atoms with Crippen LogP contribution in [-0.2, 0) is 4.74 Å². The van der Waals surface area contributed by atoms with Gasteiger partial charge < -0.3 is 19.3 Å². The summed E-state index contributed by atoms with van der Waals surface area (Å²) in [5, 5.41) is 9.87. The van der Waals surface area contributed by atoms with Crippen molar-refractivity contribution in [1.29, 1.82) is 5.26 Å². The van der Waals surface area contributed by atoms with Gasteiger partial charge in [-0.1, -0.05) is 11.6 Å². The number of halogens is 1. The molecule has 2 heterocycles. The predicted molar refractivity (Wildman–Crippen MR) is 99.8 cm³/mol. The first-order valence-electron chi connectivity index (χ1n) is 8.67. The Morgan fingerprint density at radius 3 is 2.58 bits per heavy atom. The Morgan fingerprint density at radius 1 is 1.31 bits per heavy atom. The van der Waals surface area contributed by atoms with Crippen LogP contribution in [0.1, 0.15) is 32.8 Å². The van der Waals surface area contributed by atoms with E-state index in [2.05, 4.69) is 11.0 Å². The molecule has 26 heavy (non-hydrogen) atoms. The second kappa shape index (κ2) is 6.55. The molecule has 0 aliphatic carbocycles. The third-order valence-electron chi connectivity index (χ3n) is 4.87. The third-order valence-corrected chi connectivity index (χ3v) is 5.17. The van der Waals surface area contributed by atoms with Gasteiger partial charge in [0, 0.05) is 43.7 Å². The number of hydrogen-bond donors (Lipinski definition) is 0. The molecule has 140 valence electrons. The molecule has 3 rings (SSSR count). The smallest absolute Gasteiger partial charge is 0.410 e. The van der Waals surface area contributed by atoms with Crippen molar-refractivity contribution in [2.24, 2.45) is 5.41 Å². The molecule has 1 aromatic carbocycles. The summed E-state index contributed by atoms with van der Waals surface area (Å²) in [5.74, 6) is 0.633. The maximum absolute atomic E-state index is 12.2. The van der Waals surface area contributed by atoms with Gasteiger partial charge in [-0.2, -0.15) is 5.26 Å². The summed E-state index contributed by atoms with van der Waals surface area (Å²) in [5.41, 5.74) is 0.831. The van der Waals surface area contributed by atoms with E-state index in [-0.39, 0.29) is 11.5 Å². The minimum atomic E-state index is -0.486. The van der Waals surface area contributed by atoms with E-state index in [0.717, 1.165) is 25.2 Å². The highest BCUT2D eigenvalue weighted by molar-refractivity contribution is 6.32. The van der Waals surface area contributed by atoms with Crippen LogP contribution in [-0.4, -0.2) is 49.9 Å². The lowest BCUT2D eigenvalue weighted by Gasteiger charge is -2.47. The number of nitriles is 1. The van der Waals surface area contributed by atoms with Crippen molar-refractivity contribution in [3.8, 4) is 11.8 Å². The second-order valence-electron chi connectivity index (χ2n) is 8.12. The number of amides is 1. The quantitative estimate of drug-likeness (QED) is 0.786. The number of rotatable bonds is 2. The van der Waals surface area contributed by atoms with Crippen LogP contribution in [0, 0.1) is 16.7 Å². The molecule has 2 aliphatic rings. The maximum Gasteiger partial charge on any atom is 0.410 e. The van der Waals surface area contributed by atoms with Gasteiger partial charge in [-0.15, -0.1) is 0 Å². The van der Waals surface area contributed by atoms with Gasteiger partial charge in [0.2, 0.25) is 0 Å². The Bertz CT molecular complexity index is 761. The van der Waals surface area contributed by atoms with E-state index >= 15 is 0 Å². The summed E-state index contributed by atoms with van der Waals surface area (Å²) < 4.78 is 10.7. The van der Waals surface area contributed by atoms with Crippen molar-refractivity contribution >= 4 is 23.4 Å². The summed E-state index contributed by atoms with van der Waals surface area (Å²) in [6.07, 6.45) is 0.704. The molecule has 0 saturated carbocycles. The zero-order valence-electron chi connectivity index (χ0n) is 15.6. The van der Waals surface area contributed by atoms with Crippen LogP contribution in [0.4, 0.5) is 10.5 Å². The van der Waals surface area contributed by atoms with Crippen molar-refractivity contribution in [1.82, 2.24) is 4.90 Å². The molecule has 2 fully saturated rings. The Hall–Kier alpha value is -2.13. The van der Waals surface area contributed by atoms with Crippen LogP contribution in [0.3, 0.4) is 0 Å². The maximum atomic E-state index is 12.2. The van der Waals surface area contributed by atoms with Gasteiger partial charge in [-0.05, 0) is 27.2 Å². The highest BCUT2D eigenvalue weighted by atomic mass is 35.5. The molecule has 1 amide bonds. The van der Waals surface area contributed by atoms with Crippen molar-refractivity contribution in [3.05, 3.63) is 22.7 Å². The zero-order valence-corrected chi connectivity index (χ0v) is 16.4. The fourth-order valence-electron chi connectivity index (χ4n) is 3.66. The highest BCUT2D eigenvalue weighted by Gasteiger charge is 2.50. The number of ether oxygens (including phenoxy) is 2. The number of likely N-dealkylation sites (tertiary alicyclic amines) is 1. The summed E-state index contributed by atoms with van der Waals surface area (Å²) in [4.78, 5) is 16.1. The fourth-order valence-corrected chi connectivity index (χ4v) is 3.91. The second-order valence-corrected chi connectivity index (χ2v) is 8.53. The number of carbonyl (C=O) groups is 1. The fraction of sp³-hybridized carbons (Fsp3) is 0.579. The van der Waals surface area contributed by atoms with Crippen molar-refractivity contribution in [2.75, 3.05) is 38.2 Å². The Morgan fingerprint density at radius 2 is 2.00 bits per heavy atom. The minimum Gasteiger partial charge on any atom is -0.497 e. The Balaban J connectivity index is 1.70. The van der Waals surface area contributed by atoms with Gasteiger partial charge >= 0.3 is 6.09 Å². The Labute approximate surface area is 159 Å². The van der Waals surface area contributed by atoms with Gasteiger partial charge in [-0.25, -0.2) is 4.79 Å². The van der Waals surface area contributed by atoms with Crippen molar-refractivity contribution in [2.45, 2.75) is 32.8 Å². The van der Waals surface area contributed by atoms with E-state index in [0.29, 0.717) is 29.4 Å². The average molecular weight is 378 g/mol. The minimum absolute atomic E-state index is 0.0547. The molecule has 0 N–H and O–H groups in total. The van der Waals surface area contributed by atoms with Crippen LogP contribution in [0.25, 0.3) is 0 Å². The number of hydrogen-bond acceptors (Lipinski definition) is 5. The van der Waals surface area contributed by atoms with E-state index in [1.165, 1.54) is 0 Å². The van der Waals surface area contributed by atoms with Gasteiger partial charge in [0.15, 0.2) is 0 Å². The molecule has 7 heteroatoms. The molecule has 2 aliphatic heterocycles. The number of benzene rings is 1. The molecular formula is C19H24ClN3O3. The summed E-state index contributed by atoms with van der Waals surface area (Å²) in [6.45, 7) is 8.57. The molecule has 1 spiro atoms. The molecule has 0 atom stereocenters.